The molecule has 3 aliphatic carbocycles. The van der Waals surface area contributed by atoms with Crippen molar-refractivity contribution in [2.45, 2.75) is 99.0 Å². The van der Waals surface area contributed by atoms with Gasteiger partial charge in [-0.3, -0.25) is 9.59 Å². The molecule has 0 bridgehead atoms. The van der Waals surface area contributed by atoms with E-state index in [1.54, 1.807) is 12.5 Å². The second kappa shape index (κ2) is 7.80. The summed E-state index contributed by atoms with van der Waals surface area (Å²) in [7, 11) is 0. The molecule has 1 fully saturated rings. The molecule has 0 aromatic heterocycles. The second-order valence-corrected chi connectivity index (χ2v) is 10.2. The van der Waals surface area contributed by atoms with Crippen LogP contribution < -0.4 is 0 Å². The fraction of sp³-hybridized carbons (Fsp3) is 0.760. The zero-order chi connectivity index (χ0) is 20.7. The Morgan fingerprint density at radius 2 is 1.96 bits per heavy atom. The molecule has 0 aliphatic heterocycles. The molecule has 156 valence electrons. The van der Waals surface area contributed by atoms with E-state index in [4.69, 9.17) is 4.74 Å². The number of fused-ring (bicyclic) bond motifs is 2. The standard InChI is InChI=1S/C25H38O3/c1-7-9-23(28-16(3)26)25(6)13-12-18-19(21(25)8-2)11-10-17-14-22(27)24(4,5)15-20(17)18/h14,19,21,23H,7-13,15H2,1-6H3/t19-,21+,23?,25+/m1/s1. The molecule has 0 aromatic carbocycles. The van der Waals surface area contributed by atoms with E-state index < -0.39 is 0 Å². The van der Waals surface area contributed by atoms with E-state index >= 15 is 0 Å². The van der Waals surface area contributed by atoms with Crippen LogP contribution in [0.1, 0.15) is 92.9 Å². The average Bonchev–Trinajstić information content (AvgIpc) is 2.61. The topological polar surface area (TPSA) is 43.4 Å². The molecule has 0 spiro atoms. The maximum Gasteiger partial charge on any atom is 0.302 e. The highest BCUT2D eigenvalue weighted by Gasteiger charge is 2.51. The highest BCUT2D eigenvalue weighted by Crippen LogP contribution is 2.57. The Bertz CT molecular complexity index is 711. The van der Waals surface area contributed by atoms with Gasteiger partial charge in [0.05, 0.1) is 0 Å². The van der Waals surface area contributed by atoms with Gasteiger partial charge >= 0.3 is 5.97 Å². The van der Waals surface area contributed by atoms with E-state index in [9.17, 15) is 9.59 Å². The lowest BCUT2D eigenvalue weighted by molar-refractivity contribution is -0.160. The highest BCUT2D eigenvalue weighted by molar-refractivity contribution is 5.97. The number of carbonyl (C=O) groups excluding carboxylic acids is 2. The molecule has 0 aromatic rings. The molecule has 28 heavy (non-hydrogen) atoms. The van der Waals surface area contributed by atoms with Crippen LogP contribution in [0.25, 0.3) is 0 Å². The van der Waals surface area contributed by atoms with Crippen molar-refractivity contribution < 1.29 is 14.3 Å². The average molecular weight is 387 g/mol. The Morgan fingerprint density at radius 1 is 1.25 bits per heavy atom. The Labute approximate surface area is 171 Å². The SMILES string of the molecule is CCCC(OC(C)=O)[C@@]1(C)CCC2=C3CC(C)(C)C(=O)C=C3CC[C@H]2[C@@H]1CC. The fourth-order valence-electron chi connectivity index (χ4n) is 6.30. The van der Waals surface area contributed by atoms with Gasteiger partial charge in [-0.2, -0.15) is 0 Å². The minimum atomic E-state index is -0.279. The minimum absolute atomic E-state index is 0.00723. The number of carbonyl (C=O) groups is 2. The van der Waals surface area contributed by atoms with Crippen LogP contribution in [-0.4, -0.2) is 17.9 Å². The predicted molar refractivity (Wildman–Crippen MR) is 113 cm³/mol. The van der Waals surface area contributed by atoms with Crippen molar-refractivity contribution in [2.24, 2.45) is 22.7 Å². The summed E-state index contributed by atoms with van der Waals surface area (Å²) in [5, 5.41) is 0. The molecule has 3 nitrogen and oxygen atoms in total. The number of hydrogen-bond acceptors (Lipinski definition) is 3. The molecular weight excluding hydrogens is 348 g/mol. The van der Waals surface area contributed by atoms with Gasteiger partial charge in [-0.25, -0.2) is 0 Å². The van der Waals surface area contributed by atoms with E-state index in [1.807, 2.05) is 6.08 Å². The quantitative estimate of drug-likeness (QED) is 0.530. The lowest BCUT2D eigenvalue weighted by Gasteiger charge is -2.53. The first kappa shape index (κ1) is 21.3. The summed E-state index contributed by atoms with van der Waals surface area (Å²) in [5.41, 5.74) is 4.16. The van der Waals surface area contributed by atoms with Gasteiger partial charge in [0, 0.05) is 17.8 Å². The van der Waals surface area contributed by atoms with Crippen molar-refractivity contribution >= 4 is 11.8 Å². The van der Waals surface area contributed by atoms with Gasteiger partial charge in [0.15, 0.2) is 5.78 Å². The largest absolute Gasteiger partial charge is 0.462 e. The van der Waals surface area contributed by atoms with Crippen LogP contribution in [0.3, 0.4) is 0 Å². The summed E-state index contributed by atoms with van der Waals surface area (Å²) in [6.07, 6.45) is 10.2. The molecule has 0 heterocycles. The van der Waals surface area contributed by atoms with Gasteiger partial charge in [0.1, 0.15) is 6.10 Å². The highest BCUT2D eigenvalue weighted by atomic mass is 16.5. The monoisotopic (exact) mass is 386 g/mol. The maximum absolute atomic E-state index is 12.5. The summed E-state index contributed by atoms with van der Waals surface area (Å²) in [6.45, 7) is 12.6. The van der Waals surface area contributed by atoms with Gasteiger partial charge in [0.25, 0.3) is 0 Å². The number of rotatable bonds is 5. The van der Waals surface area contributed by atoms with Crippen molar-refractivity contribution in [3.8, 4) is 0 Å². The lowest BCUT2D eigenvalue weighted by atomic mass is 9.53. The van der Waals surface area contributed by atoms with E-state index in [0.717, 1.165) is 51.4 Å². The predicted octanol–water partition coefficient (Wildman–Crippen LogP) is 6.18. The zero-order valence-corrected chi connectivity index (χ0v) is 18.7. The zero-order valence-electron chi connectivity index (χ0n) is 18.7. The summed E-state index contributed by atoms with van der Waals surface area (Å²) >= 11 is 0. The van der Waals surface area contributed by atoms with Crippen LogP contribution in [0, 0.1) is 22.7 Å². The second-order valence-electron chi connectivity index (χ2n) is 10.2. The number of ether oxygens (including phenoxy) is 1. The van der Waals surface area contributed by atoms with Crippen molar-refractivity contribution in [3.05, 3.63) is 22.8 Å². The molecule has 1 unspecified atom stereocenters. The van der Waals surface area contributed by atoms with Gasteiger partial charge < -0.3 is 4.74 Å². The Hall–Kier alpha value is -1.38. The van der Waals surface area contributed by atoms with Gasteiger partial charge in [-0.1, -0.05) is 53.0 Å². The summed E-state index contributed by atoms with van der Waals surface area (Å²) in [5.74, 6) is 1.23. The van der Waals surface area contributed by atoms with Crippen LogP contribution in [0.5, 0.6) is 0 Å². The van der Waals surface area contributed by atoms with Crippen molar-refractivity contribution in [3.63, 3.8) is 0 Å². The van der Waals surface area contributed by atoms with Crippen molar-refractivity contribution in [2.75, 3.05) is 0 Å². The number of esters is 1. The third kappa shape index (κ3) is 3.62. The van der Waals surface area contributed by atoms with E-state index in [-0.39, 0.29) is 28.7 Å². The lowest BCUT2D eigenvalue weighted by Crippen LogP contribution is -2.48. The molecular formula is C25H38O3. The third-order valence-electron chi connectivity index (χ3n) is 7.84. The molecule has 0 N–H and O–H groups in total. The Balaban J connectivity index is 1.98. The number of ketones is 1. The molecule has 3 aliphatic rings. The maximum atomic E-state index is 12.5. The van der Waals surface area contributed by atoms with Crippen LogP contribution in [-0.2, 0) is 14.3 Å². The summed E-state index contributed by atoms with van der Waals surface area (Å²) in [6, 6.07) is 0. The molecule has 0 radical (unpaired) electrons. The first-order valence-electron chi connectivity index (χ1n) is 11.3. The molecule has 1 saturated carbocycles. The van der Waals surface area contributed by atoms with E-state index in [0.29, 0.717) is 11.8 Å². The Kier molecular flexibility index (Phi) is 5.94. The third-order valence-corrected chi connectivity index (χ3v) is 7.84. The minimum Gasteiger partial charge on any atom is -0.462 e. The van der Waals surface area contributed by atoms with E-state index in [1.165, 1.54) is 11.1 Å². The van der Waals surface area contributed by atoms with Gasteiger partial charge in [-0.05, 0) is 67.6 Å². The van der Waals surface area contributed by atoms with Gasteiger partial charge in [-0.15, -0.1) is 0 Å². The summed E-state index contributed by atoms with van der Waals surface area (Å²) < 4.78 is 5.89. The molecule has 3 heteroatoms. The van der Waals surface area contributed by atoms with Crippen LogP contribution in [0.15, 0.2) is 22.8 Å². The first-order chi connectivity index (χ1) is 13.1. The van der Waals surface area contributed by atoms with Crippen LogP contribution in [0.4, 0.5) is 0 Å². The molecule has 0 amide bonds. The molecule has 0 saturated heterocycles. The van der Waals surface area contributed by atoms with Crippen LogP contribution in [0.2, 0.25) is 0 Å². The Morgan fingerprint density at radius 3 is 2.57 bits per heavy atom. The normalized spacial score (nSPS) is 32.9. The van der Waals surface area contributed by atoms with Crippen molar-refractivity contribution in [1.82, 2.24) is 0 Å². The smallest absolute Gasteiger partial charge is 0.302 e. The number of allylic oxidation sites excluding steroid dienone is 4. The molecule has 4 atom stereocenters. The van der Waals surface area contributed by atoms with Gasteiger partial charge in [0.2, 0.25) is 0 Å². The number of hydrogen-bond donors (Lipinski definition) is 0. The van der Waals surface area contributed by atoms with E-state index in [2.05, 4.69) is 34.6 Å². The fourth-order valence-corrected chi connectivity index (χ4v) is 6.30. The van der Waals surface area contributed by atoms with Crippen molar-refractivity contribution in [1.29, 1.82) is 0 Å². The van der Waals surface area contributed by atoms with Crippen LogP contribution >= 0.6 is 0 Å². The first-order valence-corrected chi connectivity index (χ1v) is 11.3. The summed E-state index contributed by atoms with van der Waals surface area (Å²) in [4.78, 5) is 24.3. The molecule has 3 rings (SSSR count).